The van der Waals surface area contributed by atoms with E-state index in [1.165, 1.54) is 18.4 Å². The number of rotatable bonds is 4. The molecule has 20 heavy (non-hydrogen) atoms. The number of carbonyl (C=O) groups excluding carboxylic acids is 1. The van der Waals surface area contributed by atoms with Crippen molar-refractivity contribution in [1.29, 1.82) is 0 Å². The first-order valence-corrected chi connectivity index (χ1v) is 7.26. The van der Waals surface area contributed by atoms with Gasteiger partial charge in [0.05, 0.1) is 25.3 Å². The Morgan fingerprint density at radius 3 is 2.95 bits per heavy atom. The monoisotopic (exact) mass is 296 g/mol. The fourth-order valence-electron chi connectivity index (χ4n) is 2.43. The molecule has 7 heteroatoms. The summed E-state index contributed by atoms with van der Waals surface area (Å²) in [5.41, 5.74) is 1.75. The van der Waals surface area contributed by atoms with Gasteiger partial charge < -0.3 is 19.1 Å². The summed E-state index contributed by atoms with van der Waals surface area (Å²) in [5.74, 6) is 0.267. The second kappa shape index (κ2) is 5.16. The van der Waals surface area contributed by atoms with Gasteiger partial charge in [0.25, 0.3) is 0 Å². The molecule has 6 nitrogen and oxygen atoms in total. The van der Waals surface area contributed by atoms with Gasteiger partial charge in [0, 0.05) is 12.2 Å². The minimum absolute atomic E-state index is 0.124. The molecule has 2 aromatic heterocycles. The Bertz CT molecular complexity index is 657. The SMILES string of the molecule is COC(=O)c1sc2nc(CO)n(C[C@@H]3CCO3)c2c1C. The largest absolute Gasteiger partial charge is 0.465 e. The molecular formula is C13H16N2O4S. The van der Waals surface area contributed by atoms with Gasteiger partial charge in [-0.15, -0.1) is 11.3 Å². The maximum Gasteiger partial charge on any atom is 0.348 e. The van der Waals surface area contributed by atoms with Crippen LogP contribution >= 0.6 is 11.3 Å². The Hall–Kier alpha value is -1.44. The van der Waals surface area contributed by atoms with Crippen molar-refractivity contribution in [3.8, 4) is 0 Å². The molecule has 0 radical (unpaired) electrons. The summed E-state index contributed by atoms with van der Waals surface area (Å²) in [7, 11) is 1.37. The second-order valence-corrected chi connectivity index (χ2v) is 5.78. The van der Waals surface area contributed by atoms with Crippen molar-refractivity contribution in [2.75, 3.05) is 13.7 Å². The van der Waals surface area contributed by atoms with Crippen molar-refractivity contribution in [2.24, 2.45) is 0 Å². The van der Waals surface area contributed by atoms with Crippen molar-refractivity contribution >= 4 is 27.7 Å². The molecular weight excluding hydrogens is 280 g/mol. The molecule has 1 fully saturated rings. The lowest BCUT2D eigenvalue weighted by Crippen LogP contribution is -2.31. The highest BCUT2D eigenvalue weighted by atomic mass is 32.1. The van der Waals surface area contributed by atoms with Gasteiger partial charge in [-0.25, -0.2) is 9.78 Å². The van der Waals surface area contributed by atoms with Gasteiger partial charge in [-0.1, -0.05) is 0 Å². The number of thiophene rings is 1. The molecule has 0 unspecified atom stereocenters. The van der Waals surface area contributed by atoms with Crippen LogP contribution < -0.4 is 0 Å². The average Bonchev–Trinajstić information content (AvgIpc) is 2.90. The van der Waals surface area contributed by atoms with Crippen molar-refractivity contribution in [3.63, 3.8) is 0 Å². The molecule has 0 spiro atoms. The lowest BCUT2D eigenvalue weighted by atomic mass is 10.2. The lowest BCUT2D eigenvalue weighted by molar-refractivity contribution is -0.0593. The van der Waals surface area contributed by atoms with E-state index in [2.05, 4.69) is 4.98 Å². The van der Waals surface area contributed by atoms with Crippen molar-refractivity contribution in [3.05, 3.63) is 16.3 Å². The number of fused-ring (bicyclic) bond motifs is 1. The topological polar surface area (TPSA) is 73.6 Å². The number of aromatic nitrogens is 2. The summed E-state index contributed by atoms with van der Waals surface area (Å²) in [5, 5.41) is 9.45. The quantitative estimate of drug-likeness (QED) is 0.865. The zero-order valence-electron chi connectivity index (χ0n) is 11.4. The molecule has 1 N–H and O–H groups in total. The zero-order valence-corrected chi connectivity index (χ0v) is 12.2. The van der Waals surface area contributed by atoms with Crippen LogP contribution in [0.15, 0.2) is 0 Å². The van der Waals surface area contributed by atoms with E-state index >= 15 is 0 Å². The number of esters is 1. The molecule has 1 aliphatic rings. The summed E-state index contributed by atoms with van der Waals surface area (Å²) in [6, 6.07) is 0. The van der Waals surface area contributed by atoms with Gasteiger partial charge in [0.2, 0.25) is 0 Å². The third kappa shape index (κ3) is 2.02. The highest BCUT2D eigenvalue weighted by Crippen LogP contribution is 2.32. The second-order valence-electron chi connectivity index (χ2n) is 4.78. The van der Waals surface area contributed by atoms with Crippen LogP contribution in [0.5, 0.6) is 0 Å². The molecule has 0 aliphatic carbocycles. The number of aliphatic hydroxyl groups excluding tert-OH is 1. The number of aryl methyl sites for hydroxylation is 1. The molecule has 0 amide bonds. The van der Waals surface area contributed by atoms with Crippen LogP contribution in [0.1, 0.15) is 27.5 Å². The van der Waals surface area contributed by atoms with Crippen molar-refractivity contribution in [1.82, 2.24) is 9.55 Å². The number of nitrogens with zero attached hydrogens (tertiary/aromatic N) is 2. The van der Waals surface area contributed by atoms with E-state index in [0.29, 0.717) is 17.2 Å². The minimum Gasteiger partial charge on any atom is -0.465 e. The Morgan fingerprint density at radius 2 is 2.40 bits per heavy atom. The summed E-state index contributed by atoms with van der Waals surface area (Å²) in [4.78, 5) is 17.5. The molecule has 1 aliphatic heterocycles. The van der Waals surface area contributed by atoms with Gasteiger partial charge in [0.15, 0.2) is 0 Å². The smallest absolute Gasteiger partial charge is 0.348 e. The number of methoxy groups -OCH3 is 1. The molecule has 3 rings (SSSR count). The summed E-state index contributed by atoms with van der Waals surface area (Å²) >= 11 is 1.30. The van der Waals surface area contributed by atoms with E-state index in [-0.39, 0.29) is 18.7 Å². The number of hydrogen-bond donors (Lipinski definition) is 1. The third-order valence-electron chi connectivity index (χ3n) is 3.60. The highest BCUT2D eigenvalue weighted by Gasteiger charge is 2.25. The zero-order chi connectivity index (χ0) is 14.3. The maximum atomic E-state index is 11.7. The van der Waals surface area contributed by atoms with E-state index in [9.17, 15) is 9.90 Å². The molecule has 1 saturated heterocycles. The summed E-state index contributed by atoms with van der Waals surface area (Å²) in [6.45, 7) is 3.20. The molecule has 108 valence electrons. The van der Waals surface area contributed by atoms with Crippen molar-refractivity contribution < 1.29 is 19.4 Å². The van der Waals surface area contributed by atoms with Gasteiger partial charge in [0.1, 0.15) is 22.1 Å². The predicted molar refractivity (Wildman–Crippen MR) is 74.0 cm³/mol. The molecule has 0 bridgehead atoms. The Morgan fingerprint density at radius 1 is 1.65 bits per heavy atom. The highest BCUT2D eigenvalue weighted by molar-refractivity contribution is 7.20. The standard InChI is InChI=1S/C13H16N2O4S/c1-7-10-12(20-11(7)13(17)18-2)14-9(6-16)15(10)5-8-3-4-19-8/h8,16H,3-6H2,1-2H3/t8-/m0/s1. The van der Waals surface area contributed by atoms with E-state index < -0.39 is 0 Å². The lowest BCUT2D eigenvalue weighted by Gasteiger charge is -2.27. The first-order chi connectivity index (χ1) is 9.65. The van der Waals surface area contributed by atoms with Crippen LogP contribution in [-0.4, -0.2) is 40.4 Å². The van der Waals surface area contributed by atoms with E-state index in [1.807, 2.05) is 11.5 Å². The summed E-state index contributed by atoms with van der Waals surface area (Å²) in [6.07, 6.45) is 1.18. The van der Waals surface area contributed by atoms with E-state index in [4.69, 9.17) is 9.47 Å². The van der Waals surface area contributed by atoms with Crippen LogP contribution in [0.3, 0.4) is 0 Å². The minimum atomic E-state index is -0.345. The number of hydrogen-bond acceptors (Lipinski definition) is 6. The first-order valence-electron chi connectivity index (χ1n) is 6.45. The predicted octanol–water partition coefficient (Wildman–Crippen LogP) is 1.47. The summed E-state index contributed by atoms with van der Waals surface area (Å²) < 4.78 is 12.2. The van der Waals surface area contributed by atoms with Crippen LogP contribution in [-0.2, 0) is 22.6 Å². The normalized spacial score (nSPS) is 18.2. The fraction of sp³-hybridized carbons (Fsp3) is 0.538. The van der Waals surface area contributed by atoms with Gasteiger partial charge in [-0.05, 0) is 13.3 Å². The number of imidazole rings is 1. The van der Waals surface area contributed by atoms with Gasteiger partial charge >= 0.3 is 5.97 Å². The van der Waals surface area contributed by atoms with Gasteiger partial charge in [-0.2, -0.15) is 0 Å². The van der Waals surface area contributed by atoms with Crippen LogP contribution in [0, 0.1) is 6.92 Å². The number of aliphatic hydroxyl groups is 1. The Kier molecular flexibility index (Phi) is 3.49. The van der Waals surface area contributed by atoms with Crippen LogP contribution in [0.4, 0.5) is 0 Å². The molecule has 3 heterocycles. The number of carbonyl (C=O) groups is 1. The fourth-order valence-corrected chi connectivity index (χ4v) is 3.55. The molecule has 2 aromatic rings. The average molecular weight is 296 g/mol. The van der Waals surface area contributed by atoms with E-state index in [1.54, 1.807) is 0 Å². The first kappa shape index (κ1) is 13.5. The molecule has 0 saturated carbocycles. The Labute approximate surface area is 119 Å². The van der Waals surface area contributed by atoms with Crippen LogP contribution in [0.2, 0.25) is 0 Å². The van der Waals surface area contributed by atoms with Crippen molar-refractivity contribution in [2.45, 2.75) is 32.6 Å². The van der Waals surface area contributed by atoms with Crippen LogP contribution in [0.25, 0.3) is 10.3 Å². The Balaban J connectivity index is 2.09. The van der Waals surface area contributed by atoms with Gasteiger partial charge in [-0.3, -0.25) is 0 Å². The molecule has 0 aromatic carbocycles. The number of ether oxygens (including phenoxy) is 2. The maximum absolute atomic E-state index is 11.7. The third-order valence-corrected chi connectivity index (χ3v) is 4.76. The molecule has 1 atom stereocenters. The van der Waals surface area contributed by atoms with E-state index in [0.717, 1.165) is 28.9 Å².